The number of phenolic OH excluding ortho intramolecular Hbond substituents is 2. The topological polar surface area (TPSA) is 201 Å². The molecule has 3 aromatic heterocycles. The van der Waals surface area contributed by atoms with E-state index in [1.165, 1.54) is 10.9 Å². The Morgan fingerprint density at radius 2 is 1.55 bits per heavy atom. The largest absolute Gasteiger partial charge is 0.508 e. The maximum Gasteiger partial charge on any atom is 0.258 e. The summed E-state index contributed by atoms with van der Waals surface area (Å²) in [5.74, 6) is 1.06. The Morgan fingerprint density at radius 1 is 0.846 bits per heavy atom. The Labute approximate surface area is 382 Å². The number of morpholine rings is 1. The molecule has 18 heteroatoms. The number of carbonyl (C=O) groups excluding carboxylic acids is 2. The number of anilines is 2. The van der Waals surface area contributed by atoms with Gasteiger partial charge in [0.05, 0.1) is 34.6 Å². The molecule has 4 fully saturated rings. The van der Waals surface area contributed by atoms with Gasteiger partial charge in [-0.1, -0.05) is 32.0 Å². The van der Waals surface area contributed by atoms with Crippen molar-refractivity contribution in [2.24, 2.45) is 0 Å². The summed E-state index contributed by atoms with van der Waals surface area (Å²) < 4.78 is 6.71. The first-order valence-electron chi connectivity index (χ1n) is 22.7. The van der Waals surface area contributed by atoms with Crippen molar-refractivity contribution in [3.05, 3.63) is 81.5 Å². The molecule has 0 unspecified atom stereocenters. The molecule has 0 spiro atoms. The lowest BCUT2D eigenvalue weighted by atomic mass is 9.88. The van der Waals surface area contributed by atoms with Gasteiger partial charge in [-0.3, -0.25) is 24.3 Å². The molecule has 17 nitrogen and oxygen atoms in total. The number of amides is 2. The van der Waals surface area contributed by atoms with Crippen LogP contribution in [0, 0.1) is 0 Å². The van der Waals surface area contributed by atoms with Crippen molar-refractivity contribution < 1.29 is 29.6 Å². The zero-order valence-corrected chi connectivity index (χ0v) is 37.8. The number of fused-ring (bicyclic) bond motifs is 2. The molecule has 2 amide bonds. The number of nitrogens with two attached hydrogens (primary N) is 1. The van der Waals surface area contributed by atoms with Crippen LogP contribution in [0.15, 0.2) is 48.8 Å². The van der Waals surface area contributed by atoms with Crippen LogP contribution >= 0.6 is 11.3 Å². The van der Waals surface area contributed by atoms with Gasteiger partial charge in [0.1, 0.15) is 17.1 Å². The summed E-state index contributed by atoms with van der Waals surface area (Å²) >= 11 is 1.75. The standard InChI is InChI=1S/C47H57N11O6S/c1-29(2)36-19-37(40(60)20-39(36)59)44(61)57-24-31-4-3-30(17-32(31)25-57)23-53-7-5-47(63,6-8-53)45(62)58-26-34(27-58)55-11-9-54(10-12-55)28-35-18-38-41(65-35)43(56-13-15-64-16-14-56)52-42(51-38)33-21-49-46(48)50-22-33/h3-4,17-22,29,34,59-60,63H,5-16,23-28H2,1-2H3,(H2,48,49,50). The molecule has 5 aliphatic rings. The monoisotopic (exact) mass is 903 g/mol. The van der Waals surface area contributed by atoms with Gasteiger partial charge in [-0.05, 0) is 53.1 Å². The van der Waals surface area contributed by atoms with Gasteiger partial charge in [-0.15, -0.1) is 11.3 Å². The van der Waals surface area contributed by atoms with Gasteiger partial charge in [0.15, 0.2) is 11.6 Å². The summed E-state index contributed by atoms with van der Waals surface area (Å²) in [6.07, 6.45) is 4.11. The van der Waals surface area contributed by atoms with E-state index in [9.17, 15) is 24.9 Å². The number of thiophene rings is 1. The van der Waals surface area contributed by atoms with E-state index < -0.39 is 5.60 Å². The number of nitrogens with zero attached hydrogens (tertiary/aromatic N) is 10. The highest BCUT2D eigenvalue weighted by Crippen LogP contribution is 2.37. The van der Waals surface area contributed by atoms with E-state index in [4.69, 9.17) is 20.4 Å². The lowest BCUT2D eigenvalue weighted by Gasteiger charge is -2.50. The average Bonchev–Trinajstić information content (AvgIpc) is 3.91. The van der Waals surface area contributed by atoms with Gasteiger partial charge in [-0.2, -0.15) is 0 Å². The molecule has 4 saturated heterocycles. The molecule has 10 rings (SSSR count). The average molecular weight is 904 g/mol. The first kappa shape index (κ1) is 43.4. The summed E-state index contributed by atoms with van der Waals surface area (Å²) in [6.45, 7) is 15.3. The van der Waals surface area contributed by atoms with Crippen LogP contribution in [-0.2, 0) is 35.7 Å². The van der Waals surface area contributed by atoms with Crippen molar-refractivity contribution in [1.82, 2.24) is 44.4 Å². The van der Waals surface area contributed by atoms with Crippen LogP contribution in [0.3, 0.4) is 0 Å². The number of carbonyl (C=O) groups is 2. The molecule has 0 bridgehead atoms. The molecule has 65 heavy (non-hydrogen) atoms. The SMILES string of the molecule is CC(C)c1cc(C(=O)N2Cc3ccc(CN4CCC(O)(C(=O)N5CC(N6CCN(Cc7cc8nc(-c9cnc(N)nc9)nc(N9CCOCC9)c8s7)CC6)C5)CC4)cc3C2)c(O)cc1O. The second kappa shape index (κ2) is 17.7. The Bertz CT molecular complexity index is 2580. The predicted octanol–water partition coefficient (Wildman–Crippen LogP) is 3.61. The number of hydrogen-bond donors (Lipinski definition) is 4. The van der Waals surface area contributed by atoms with E-state index in [0.29, 0.717) is 89.3 Å². The van der Waals surface area contributed by atoms with E-state index in [1.54, 1.807) is 34.7 Å². The van der Waals surface area contributed by atoms with Crippen LogP contribution in [-0.4, -0.2) is 162 Å². The minimum atomic E-state index is -1.35. The Kier molecular flexibility index (Phi) is 11.8. The van der Waals surface area contributed by atoms with Crippen LogP contribution in [0.25, 0.3) is 21.6 Å². The third kappa shape index (κ3) is 8.82. The highest BCUT2D eigenvalue weighted by molar-refractivity contribution is 7.19. The number of aromatic hydroxyl groups is 2. The second-order valence-corrected chi connectivity index (χ2v) is 19.7. The number of piperidine rings is 1. The maximum absolute atomic E-state index is 13.7. The number of benzene rings is 2. The van der Waals surface area contributed by atoms with Crippen LogP contribution in [0.1, 0.15) is 70.1 Å². The molecule has 5 N–H and O–H groups in total. The van der Waals surface area contributed by atoms with E-state index in [0.717, 1.165) is 84.1 Å². The highest BCUT2D eigenvalue weighted by Gasteiger charge is 2.46. The van der Waals surface area contributed by atoms with E-state index >= 15 is 0 Å². The lowest BCUT2D eigenvalue weighted by molar-refractivity contribution is -0.164. The third-order valence-electron chi connectivity index (χ3n) is 13.9. The van der Waals surface area contributed by atoms with Crippen molar-refractivity contribution in [3.63, 3.8) is 0 Å². The summed E-state index contributed by atoms with van der Waals surface area (Å²) in [7, 11) is 0. The van der Waals surface area contributed by atoms with Crippen molar-refractivity contribution in [3.8, 4) is 22.9 Å². The minimum Gasteiger partial charge on any atom is -0.508 e. The van der Waals surface area contributed by atoms with Crippen LogP contribution < -0.4 is 10.6 Å². The lowest BCUT2D eigenvalue weighted by Crippen LogP contribution is -2.67. The number of ether oxygens (including phenoxy) is 1. The number of piperazine rings is 1. The molecular weight excluding hydrogens is 847 g/mol. The zero-order valence-electron chi connectivity index (χ0n) is 37.0. The number of rotatable bonds is 10. The van der Waals surface area contributed by atoms with Gasteiger partial charge in [0.25, 0.3) is 11.8 Å². The maximum atomic E-state index is 13.7. The van der Waals surface area contributed by atoms with E-state index in [2.05, 4.69) is 53.8 Å². The van der Waals surface area contributed by atoms with Gasteiger partial charge in [0.2, 0.25) is 5.95 Å². The van der Waals surface area contributed by atoms with Gasteiger partial charge >= 0.3 is 0 Å². The van der Waals surface area contributed by atoms with Crippen molar-refractivity contribution in [1.29, 1.82) is 0 Å². The fourth-order valence-electron chi connectivity index (χ4n) is 9.91. The molecule has 5 aromatic rings. The van der Waals surface area contributed by atoms with Crippen LogP contribution in [0.4, 0.5) is 11.8 Å². The Morgan fingerprint density at radius 3 is 2.28 bits per heavy atom. The fourth-order valence-corrected chi connectivity index (χ4v) is 11.1. The highest BCUT2D eigenvalue weighted by atomic mass is 32.1. The molecule has 342 valence electrons. The molecule has 8 heterocycles. The van der Waals surface area contributed by atoms with Crippen LogP contribution in [0.2, 0.25) is 0 Å². The second-order valence-electron chi connectivity index (χ2n) is 18.6. The first-order chi connectivity index (χ1) is 31.4. The number of hydrogen-bond acceptors (Lipinski definition) is 16. The van der Waals surface area contributed by atoms with Crippen molar-refractivity contribution >= 4 is 45.1 Å². The number of likely N-dealkylation sites (tertiary alicyclic amines) is 2. The van der Waals surface area contributed by atoms with Crippen molar-refractivity contribution in [2.75, 3.05) is 89.3 Å². The van der Waals surface area contributed by atoms with Crippen molar-refractivity contribution in [2.45, 2.75) is 70.4 Å². The van der Waals surface area contributed by atoms with E-state index in [1.807, 2.05) is 18.7 Å². The number of aromatic nitrogens is 4. The predicted molar refractivity (Wildman–Crippen MR) is 246 cm³/mol. The first-order valence-corrected chi connectivity index (χ1v) is 23.6. The molecule has 2 aromatic carbocycles. The molecule has 5 aliphatic heterocycles. The molecular formula is C47H57N11O6S. The Hall–Kier alpha value is -5.50. The summed E-state index contributed by atoms with van der Waals surface area (Å²) in [5.41, 5.74) is 10.1. The summed E-state index contributed by atoms with van der Waals surface area (Å²) in [6, 6.07) is 11.6. The molecule has 0 atom stereocenters. The number of nitrogen functional groups attached to an aromatic ring is 1. The van der Waals surface area contributed by atoms with Crippen LogP contribution in [0.5, 0.6) is 11.5 Å². The van der Waals surface area contributed by atoms with Gasteiger partial charge in [0, 0.05) is 121 Å². The smallest absolute Gasteiger partial charge is 0.258 e. The minimum absolute atomic E-state index is 0.000313. The quantitative estimate of drug-likeness (QED) is 0.158. The third-order valence-corrected chi connectivity index (χ3v) is 15.0. The van der Waals surface area contributed by atoms with Gasteiger partial charge < -0.3 is 40.5 Å². The number of aliphatic hydroxyl groups is 1. The molecule has 0 radical (unpaired) electrons. The normalized spacial score (nSPS) is 19.8. The molecule has 0 aliphatic carbocycles. The Balaban J connectivity index is 0.688. The fraction of sp³-hybridized carbons (Fsp3) is 0.489. The summed E-state index contributed by atoms with van der Waals surface area (Å²) in [5, 5.41) is 32.4. The summed E-state index contributed by atoms with van der Waals surface area (Å²) in [4.78, 5) is 59.8. The van der Waals surface area contributed by atoms with Gasteiger partial charge in [-0.25, -0.2) is 19.9 Å². The molecule has 0 saturated carbocycles. The zero-order chi connectivity index (χ0) is 45.0. The number of phenols is 2. The van der Waals surface area contributed by atoms with E-state index in [-0.39, 0.29) is 40.7 Å².